The predicted molar refractivity (Wildman–Crippen MR) is 77.0 cm³/mol. The highest BCUT2D eigenvalue weighted by Gasteiger charge is 2.14. The van der Waals surface area contributed by atoms with E-state index in [9.17, 15) is 13.6 Å². The van der Waals surface area contributed by atoms with Crippen molar-refractivity contribution in [3.63, 3.8) is 0 Å². The molecule has 0 saturated heterocycles. The lowest BCUT2D eigenvalue weighted by molar-refractivity contribution is 0.102. The number of nitrogens with two attached hydrogens (primary N) is 1. The van der Waals surface area contributed by atoms with E-state index in [0.717, 1.165) is 18.2 Å². The van der Waals surface area contributed by atoms with Gasteiger partial charge in [0.2, 0.25) is 0 Å². The number of hydrogen-bond acceptors (Lipinski definition) is 2. The second kappa shape index (κ2) is 4.90. The molecule has 2 aromatic carbocycles. The molecular weight excluding hydrogens is 276 g/mol. The fraction of sp³-hybridized carbons (Fsp3) is 0. The summed E-state index contributed by atoms with van der Waals surface area (Å²) < 4.78 is 26.6. The Bertz CT molecular complexity index is 842. The van der Waals surface area contributed by atoms with Gasteiger partial charge in [-0.15, -0.1) is 0 Å². The van der Waals surface area contributed by atoms with Crippen molar-refractivity contribution in [2.45, 2.75) is 0 Å². The number of aromatic nitrogens is 1. The summed E-state index contributed by atoms with van der Waals surface area (Å²) in [5.74, 6) is -1.86. The molecule has 0 unspecified atom stereocenters. The fourth-order valence-corrected chi connectivity index (χ4v) is 2.11. The largest absolute Gasteiger partial charge is 0.399 e. The van der Waals surface area contributed by atoms with Gasteiger partial charge < -0.3 is 16.0 Å². The first-order valence-electron chi connectivity index (χ1n) is 6.17. The highest BCUT2D eigenvalue weighted by atomic mass is 19.1. The molecule has 0 aliphatic rings. The summed E-state index contributed by atoms with van der Waals surface area (Å²) >= 11 is 0. The van der Waals surface area contributed by atoms with Crippen LogP contribution in [0.25, 0.3) is 10.9 Å². The number of H-pyrrole nitrogens is 1. The summed E-state index contributed by atoms with van der Waals surface area (Å²) in [5, 5.41) is 3.01. The Kier molecular flexibility index (Phi) is 3.06. The van der Waals surface area contributed by atoms with Crippen molar-refractivity contribution in [3.05, 3.63) is 59.8 Å². The molecule has 106 valence electrons. The van der Waals surface area contributed by atoms with Gasteiger partial charge in [-0.2, -0.15) is 0 Å². The number of halogens is 2. The van der Waals surface area contributed by atoms with Crippen molar-refractivity contribution < 1.29 is 13.6 Å². The molecule has 21 heavy (non-hydrogen) atoms. The molecule has 0 spiro atoms. The van der Waals surface area contributed by atoms with Crippen LogP contribution in [-0.2, 0) is 0 Å². The SMILES string of the molecule is Nc1ccc2c(C(=O)Nc3cc(F)ccc3F)c[nH]c2c1. The fourth-order valence-electron chi connectivity index (χ4n) is 2.11. The van der Waals surface area contributed by atoms with Crippen molar-refractivity contribution in [3.8, 4) is 0 Å². The topological polar surface area (TPSA) is 70.9 Å². The highest BCUT2D eigenvalue weighted by molar-refractivity contribution is 6.13. The van der Waals surface area contributed by atoms with E-state index in [4.69, 9.17) is 5.73 Å². The summed E-state index contributed by atoms with van der Waals surface area (Å²) in [6.45, 7) is 0. The Labute approximate surface area is 118 Å². The van der Waals surface area contributed by atoms with Crippen molar-refractivity contribution >= 4 is 28.2 Å². The number of amides is 1. The molecule has 0 atom stereocenters. The lowest BCUT2D eigenvalue weighted by Gasteiger charge is -2.06. The van der Waals surface area contributed by atoms with Gasteiger partial charge in [-0.3, -0.25) is 4.79 Å². The molecular formula is C15H11F2N3O. The minimum Gasteiger partial charge on any atom is -0.399 e. The maximum Gasteiger partial charge on any atom is 0.257 e. The van der Waals surface area contributed by atoms with Crippen LogP contribution in [-0.4, -0.2) is 10.9 Å². The van der Waals surface area contributed by atoms with Crippen LogP contribution in [0.4, 0.5) is 20.2 Å². The average Bonchev–Trinajstić information content (AvgIpc) is 2.85. The van der Waals surface area contributed by atoms with Crippen LogP contribution in [0.5, 0.6) is 0 Å². The van der Waals surface area contributed by atoms with Gasteiger partial charge in [0.05, 0.1) is 11.3 Å². The summed E-state index contributed by atoms with van der Waals surface area (Å²) in [6, 6.07) is 7.92. The van der Waals surface area contributed by atoms with Gasteiger partial charge in [-0.05, 0) is 30.3 Å². The van der Waals surface area contributed by atoms with Gasteiger partial charge in [0.25, 0.3) is 5.91 Å². The molecule has 3 aromatic rings. The maximum absolute atomic E-state index is 13.5. The van der Waals surface area contributed by atoms with Crippen LogP contribution in [0.3, 0.4) is 0 Å². The molecule has 0 aliphatic carbocycles. The number of carbonyl (C=O) groups is 1. The first-order valence-corrected chi connectivity index (χ1v) is 6.17. The quantitative estimate of drug-likeness (QED) is 0.633. The number of hydrogen-bond donors (Lipinski definition) is 3. The third-order valence-electron chi connectivity index (χ3n) is 3.13. The molecule has 0 saturated carbocycles. The third kappa shape index (κ3) is 2.43. The molecule has 3 rings (SSSR count). The molecule has 1 amide bonds. The van der Waals surface area contributed by atoms with Crippen molar-refractivity contribution in [2.24, 2.45) is 0 Å². The van der Waals surface area contributed by atoms with Gasteiger partial charge in [-0.25, -0.2) is 8.78 Å². The molecule has 6 heteroatoms. The lowest BCUT2D eigenvalue weighted by Crippen LogP contribution is -2.12. The average molecular weight is 287 g/mol. The number of nitrogens with one attached hydrogen (secondary N) is 2. The summed E-state index contributed by atoms with van der Waals surface area (Å²) in [7, 11) is 0. The van der Waals surface area contributed by atoms with Gasteiger partial charge in [0, 0.05) is 28.9 Å². The smallest absolute Gasteiger partial charge is 0.257 e. The maximum atomic E-state index is 13.5. The second-order valence-electron chi connectivity index (χ2n) is 4.59. The Morgan fingerprint density at radius 3 is 2.76 bits per heavy atom. The van der Waals surface area contributed by atoms with E-state index < -0.39 is 17.5 Å². The monoisotopic (exact) mass is 287 g/mol. The molecule has 0 bridgehead atoms. The van der Waals surface area contributed by atoms with E-state index in [0.29, 0.717) is 22.2 Å². The Hall–Kier alpha value is -2.89. The zero-order chi connectivity index (χ0) is 15.0. The van der Waals surface area contributed by atoms with Crippen molar-refractivity contribution in [1.29, 1.82) is 0 Å². The van der Waals surface area contributed by atoms with Gasteiger partial charge >= 0.3 is 0 Å². The minimum absolute atomic E-state index is 0.204. The summed E-state index contributed by atoms with van der Waals surface area (Å²) in [4.78, 5) is 15.1. The molecule has 1 heterocycles. The van der Waals surface area contributed by atoms with Crippen molar-refractivity contribution in [2.75, 3.05) is 11.1 Å². The predicted octanol–water partition coefficient (Wildman–Crippen LogP) is 3.28. The van der Waals surface area contributed by atoms with Crippen molar-refractivity contribution in [1.82, 2.24) is 4.98 Å². The first kappa shape index (κ1) is 13.1. The van der Waals surface area contributed by atoms with E-state index in [1.54, 1.807) is 18.2 Å². The Morgan fingerprint density at radius 1 is 1.14 bits per heavy atom. The van der Waals surface area contributed by atoms with Crippen LogP contribution in [0, 0.1) is 11.6 Å². The Morgan fingerprint density at radius 2 is 1.95 bits per heavy atom. The standard InChI is InChI=1S/C15H11F2N3O/c16-8-1-4-12(17)14(5-8)20-15(21)11-7-19-13-6-9(18)2-3-10(11)13/h1-7,19H,18H2,(H,20,21). The normalized spacial score (nSPS) is 10.8. The molecule has 0 fully saturated rings. The minimum atomic E-state index is -0.700. The number of nitrogen functional groups attached to an aromatic ring is 1. The van der Waals surface area contributed by atoms with E-state index in [2.05, 4.69) is 10.3 Å². The third-order valence-corrected chi connectivity index (χ3v) is 3.13. The molecule has 1 aromatic heterocycles. The van der Waals surface area contributed by atoms with Crippen LogP contribution in [0.15, 0.2) is 42.6 Å². The highest BCUT2D eigenvalue weighted by Crippen LogP contribution is 2.22. The van der Waals surface area contributed by atoms with E-state index in [1.807, 2.05) is 0 Å². The first-order chi connectivity index (χ1) is 10.0. The van der Waals surface area contributed by atoms with E-state index in [-0.39, 0.29) is 5.69 Å². The number of anilines is 2. The molecule has 0 aliphatic heterocycles. The van der Waals surface area contributed by atoms with E-state index >= 15 is 0 Å². The lowest BCUT2D eigenvalue weighted by atomic mass is 10.1. The van der Waals surface area contributed by atoms with Crippen LogP contribution >= 0.6 is 0 Å². The number of aromatic amines is 1. The molecule has 0 radical (unpaired) electrons. The Balaban J connectivity index is 1.95. The van der Waals surface area contributed by atoms with Gasteiger partial charge in [0.15, 0.2) is 0 Å². The number of carbonyl (C=O) groups excluding carboxylic acids is 1. The second-order valence-corrected chi connectivity index (χ2v) is 4.59. The zero-order valence-electron chi connectivity index (χ0n) is 10.8. The van der Waals surface area contributed by atoms with E-state index in [1.165, 1.54) is 6.20 Å². The number of benzene rings is 2. The van der Waals surface area contributed by atoms with Gasteiger partial charge in [0.1, 0.15) is 11.6 Å². The van der Waals surface area contributed by atoms with Crippen LogP contribution in [0.1, 0.15) is 10.4 Å². The zero-order valence-corrected chi connectivity index (χ0v) is 10.8. The summed E-state index contributed by atoms with van der Waals surface area (Å²) in [5.41, 5.74) is 7.04. The molecule has 4 nitrogen and oxygen atoms in total. The number of rotatable bonds is 2. The van der Waals surface area contributed by atoms with Crippen LogP contribution in [0.2, 0.25) is 0 Å². The van der Waals surface area contributed by atoms with Gasteiger partial charge in [-0.1, -0.05) is 0 Å². The summed E-state index contributed by atoms with van der Waals surface area (Å²) in [6.07, 6.45) is 1.50. The number of fused-ring (bicyclic) bond motifs is 1. The van der Waals surface area contributed by atoms with Crippen LogP contribution < -0.4 is 11.1 Å². The molecule has 4 N–H and O–H groups in total.